The predicted octanol–water partition coefficient (Wildman–Crippen LogP) is -3.31. The third kappa shape index (κ3) is 2.21. The van der Waals surface area contributed by atoms with Gasteiger partial charge in [-0.25, -0.2) is 0 Å². The largest absolute Gasteiger partial charge is 0.394 e. The molecule has 0 aromatic carbocycles. The Balaban J connectivity index is 1.47. The van der Waals surface area contributed by atoms with Crippen molar-refractivity contribution < 1.29 is 44.1 Å². The molecule has 4 heterocycles. The fourth-order valence-electron chi connectivity index (χ4n) is 3.14. The molecule has 21 heavy (non-hydrogen) atoms. The van der Waals surface area contributed by atoms with Gasteiger partial charge < -0.3 is 44.1 Å². The minimum Gasteiger partial charge on any atom is -0.394 e. The lowest BCUT2D eigenvalue weighted by molar-refractivity contribution is -0.304. The van der Waals surface area contributed by atoms with Crippen molar-refractivity contribution in [1.82, 2.24) is 0 Å². The normalized spacial score (nSPS) is 58.9. The van der Waals surface area contributed by atoms with E-state index in [1.807, 2.05) is 0 Å². The lowest BCUT2D eigenvalue weighted by atomic mass is 10.0. The molecule has 10 unspecified atom stereocenters. The van der Waals surface area contributed by atoms with Gasteiger partial charge in [0.2, 0.25) is 0 Å². The first-order chi connectivity index (χ1) is 10.1. The zero-order chi connectivity index (χ0) is 14.7. The number of aliphatic hydroxyl groups excluding tert-OH is 4. The molecule has 4 N–H and O–H groups in total. The molecule has 9 nitrogen and oxygen atoms in total. The fraction of sp³-hybridized carbons (Fsp3) is 1.00. The number of ether oxygens (including phenoxy) is 5. The van der Waals surface area contributed by atoms with Crippen LogP contribution in [0.3, 0.4) is 0 Å². The third-order valence-electron chi connectivity index (χ3n) is 4.39. The summed E-state index contributed by atoms with van der Waals surface area (Å²) >= 11 is 0. The third-order valence-corrected chi connectivity index (χ3v) is 4.39. The molecule has 4 saturated heterocycles. The van der Waals surface area contributed by atoms with Gasteiger partial charge in [-0.2, -0.15) is 0 Å². The van der Waals surface area contributed by atoms with Crippen LogP contribution in [0, 0.1) is 0 Å². The summed E-state index contributed by atoms with van der Waals surface area (Å²) in [5, 5.41) is 39.2. The standard InChI is InChI=1S/C12H18O9/c13-1-3-9-10(20-9)7(16)12(18-3)21-8-4-2-17-11(19-4)6(15)5(8)14/h3-16H,1-2H2. The SMILES string of the molecule is OCC1OC(OC2C3COC(O3)C(O)C2O)C(O)C2OC12. The van der Waals surface area contributed by atoms with E-state index in [9.17, 15) is 20.4 Å². The van der Waals surface area contributed by atoms with Gasteiger partial charge in [-0.1, -0.05) is 0 Å². The number of fused-ring (bicyclic) bond motifs is 3. The van der Waals surface area contributed by atoms with Crippen LogP contribution in [0.4, 0.5) is 0 Å². The molecule has 0 aliphatic carbocycles. The van der Waals surface area contributed by atoms with Crippen LogP contribution in [-0.2, 0) is 23.7 Å². The van der Waals surface area contributed by atoms with Crippen LogP contribution in [0.2, 0.25) is 0 Å². The molecule has 0 amide bonds. The number of hydrogen-bond acceptors (Lipinski definition) is 9. The molecule has 4 rings (SSSR count). The van der Waals surface area contributed by atoms with Gasteiger partial charge in [-0.05, 0) is 0 Å². The second-order valence-corrected chi connectivity index (χ2v) is 5.74. The summed E-state index contributed by atoms with van der Waals surface area (Å²) in [6, 6.07) is 0. The summed E-state index contributed by atoms with van der Waals surface area (Å²) in [5.41, 5.74) is 0. The van der Waals surface area contributed by atoms with Crippen molar-refractivity contribution in [1.29, 1.82) is 0 Å². The molecule has 0 aromatic heterocycles. The maximum Gasteiger partial charge on any atom is 0.187 e. The highest BCUT2D eigenvalue weighted by molar-refractivity contribution is 5.02. The van der Waals surface area contributed by atoms with Gasteiger partial charge in [0.05, 0.1) is 13.2 Å². The first-order valence-electron chi connectivity index (χ1n) is 6.98. The molecule has 4 aliphatic rings. The molecular weight excluding hydrogens is 288 g/mol. The van der Waals surface area contributed by atoms with Gasteiger partial charge in [0, 0.05) is 0 Å². The van der Waals surface area contributed by atoms with Crippen LogP contribution in [0.5, 0.6) is 0 Å². The molecule has 0 spiro atoms. The van der Waals surface area contributed by atoms with E-state index in [-0.39, 0.29) is 19.3 Å². The van der Waals surface area contributed by atoms with Crippen LogP contribution in [-0.4, -0.2) is 95.1 Å². The van der Waals surface area contributed by atoms with Crippen molar-refractivity contribution in [2.24, 2.45) is 0 Å². The summed E-state index contributed by atoms with van der Waals surface area (Å²) in [5.74, 6) is 0. The molecule has 0 saturated carbocycles. The average Bonchev–Trinajstić information content (AvgIpc) is 3.16. The monoisotopic (exact) mass is 306 g/mol. The van der Waals surface area contributed by atoms with E-state index in [1.165, 1.54) is 0 Å². The van der Waals surface area contributed by atoms with Crippen molar-refractivity contribution in [2.45, 2.75) is 61.4 Å². The number of epoxide rings is 1. The first kappa shape index (κ1) is 14.2. The predicted molar refractivity (Wildman–Crippen MR) is 61.9 cm³/mol. The van der Waals surface area contributed by atoms with Crippen LogP contribution in [0.25, 0.3) is 0 Å². The van der Waals surface area contributed by atoms with E-state index in [0.717, 1.165) is 0 Å². The van der Waals surface area contributed by atoms with E-state index in [2.05, 4.69) is 0 Å². The number of rotatable bonds is 3. The highest BCUT2D eigenvalue weighted by atomic mass is 16.8. The fourth-order valence-corrected chi connectivity index (χ4v) is 3.14. The maximum atomic E-state index is 10.1. The van der Waals surface area contributed by atoms with E-state index >= 15 is 0 Å². The Morgan fingerprint density at radius 1 is 0.952 bits per heavy atom. The second kappa shape index (κ2) is 5.08. The van der Waals surface area contributed by atoms with Gasteiger partial charge in [-0.15, -0.1) is 0 Å². The Morgan fingerprint density at radius 3 is 2.52 bits per heavy atom. The zero-order valence-electron chi connectivity index (χ0n) is 11.0. The van der Waals surface area contributed by atoms with E-state index in [1.54, 1.807) is 0 Å². The average molecular weight is 306 g/mol. The van der Waals surface area contributed by atoms with Crippen LogP contribution >= 0.6 is 0 Å². The molecule has 9 heteroatoms. The Kier molecular flexibility index (Phi) is 3.45. The molecule has 0 radical (unpaired) electrons. The van der Waals surface area contributed by atoms with Crippen LogP contribution < -0.4 is 0 Å². The van der Waals surface area contributed by atoms with Crippen molar-refractivity contribution >= 4 is 0 Å². The van der Waals surface area contributed by atoms with Gasteiger partial charge in [0.15, 0.2) is 12.6 Å². The van der Waals surface area contributed by atoms with Gasteiger partial charge in [-0.3, -0.25) is 0 Å². The smallest absolute Gasteiger partial charge is 0.187 e. The van der Waals surface area contributed by atoms with Crippen LogP contribution in [0.1, 0.15) is 0 Å². The molecule has 120 valence electrons. The lowest BCUT2D eigenvalue weighted by Crippen LogP contribution is -2.58. The van der Waals surface area contributed by atoms with Crippen molar-refractivity contribution in [3.63, 3.8) is 0 Å². The summed E-state index contributed by atoms with van der Waals surface area (Å²) in [6.45, 7) is -0.0764. The van der Waals surface area contributed by atoms with E-state index in [0.29, 0.717) is 0 Å². The molecular formula is C12H18O9. The maximum absolute atomic E-state index is 10.1. The molecule has 10 atom stereocenters. The molecule has 2 bridgehead atoms. The second-order valence-electron chi connectivity index (χ2n) is 5.74. The number of hydrogen-bond donors (Lipinski definition) is 4. The van der Waals surface area contributed by atoms with Crippen molar-refractivity contribution in [3.05, 3.63) is 0 Å². The first-order valence-corrected chi connectivity index (χ1v) is 6.98. The Labute approximate surface area is 119 Å². The van der Waals surface area contributed by atoms with Gasteiger partial charge >= 0.3 is 0 Å². The summed E-state index contributed by atoms with van der Waals surface area (Å²) < 4.78 is 26.9. The van der Waals surface area contributed by atoms with Gasteiger partial charge in [0.1, 0.15) is 48.8 Å². The Hall–Kier alpha value is -0.360. The van der Waals surface area contributed by atoms with E-state index < -0.39 is 55.3 Å². The minimum absolute atomic E-state index is 0.179. The Morgan fingerprint density at radius 2 is 1.76 bits per heavy atom. The quantitative estimate of drug-likeness (QED) is 0.396. The number of aliphatic hydroxyl groups is 4. The van der Waals surface area contributed by atoms with Gasteiger partial charge in [0.25, 0.3) is 0 Å². The van der Waals surface area contributed by atoms with Crippen molar-refractivity contribution in [2.75, 3.05) is 13.2 Å². The topological polar surface area (TPSA) is 130 Å². The van der Waals surface area contributed by atoms with E-state index in [4.69, 9.17) is 23.7 Å². The zero-order valence-corrected chi connectivity index (χ0v) is 11.0. The summed E-state index contributed by atoms with van der Waals surface area (Å²) in [7, 11) is 0. The molecule has 4 fully saturated rings. The highest BCUT2D eigenvalue weighted by Gasteiger charge is 2.59. The lowest BCUT2D eigenvalue weighted by Gasteiger charge is -2.39. The highest BCUT2D eigenvalue weighted by Crippen LogP contribution is 2.39. The molecule has 0 aromatic rings. The summed E-state index contributed by atoms with van der Waals surface area (Å²) in [6.07, 6.45) is -8.19. The Bertz CT molecular complexity index is 406. The van der Waals surface area contributed by atoms with Crippen molar-refractivity contribution in [3.8, 4) is 0 Å². The minimum atomic E-state index is -1.23. The van der Waals surface area contributed by atoms with Crippen LogP contribution in [0.15, 0.2) is 0 Å². The summed E-state index contributed by atoms with van der Waals surface area (Å²) in [4.78, 5) is 0. The molecule has 4 aliphatic heterocycles.